The first-order valence-corrected chi connectivity index (χ1v) is 21.3. The molecule has 61 heavy (non-hydrogen) atoms. The fourth-order valence-electron chi connectivity index (χ4n) is 11.0. The average molecular weight is 784 g/mol. The smallest absolute Gasteiger partial charge is 0.159 e. The third-order valence-corrected chi connectivity index (χ3v) is 14.0. The fraction of sp³-hybridized carbons (Fsp3) is 0.103. The fourth-order valence-corrected chi connectivity index (χ4v) is 11.0. The molecule has 0 saturated carbocycles. The number of benzene rings is 9. The van der Waals surface area contributed by atoms with E-state index in [0.29, 0.717) is 0 Å². The van der Waals surface area contributed by atoms with Crippen molar-refractivity contribution in [1.82, 2.24) is 0 Å². The van der Waals surface area contributed by atoms with E-state index >= 15 is 0 Å². The number of para-hydroxylation sites is 2. The number of anilines is 3. The van der Waals surface area contributed by atoms with Gasteiger partial charge in [0.25, 0.3) is 0 Å². The summed E-state index contributed by atoms with van der Waals surface area (Å²) in [6.45, 7) is 9.39. The van der Waals surface area contributed by atoms with Crippen molar-refractivity contribution < 1.29 is 8.83 Å². The summed E-state index contributed by atoms with van der Waals surface area (Å²) < 4.78 is 14.2. The number of nitrogens with zero attached hydrogens (tertiary/aromatic N) is 1. The average Bonchev–Trinajstić information content (AvgIpc) is 3.98. The van der Waals surface area contributed by atoms with Crippen LogP contribution >= 0.6 is 0 Å². The van der Waals surface area contributed by atoms with Crippen molar-refractivity contribution in [3.05, 3.63) is 198 Å². The number of furan rings is 2. The Hall–Kier alpha value is -7.36. The molecule has 2 heterocycles. The van der Waals surface area contributed by atoms with Gasteiger partial charge >= 0.3 is 0 Å². The van der Waals surface area contributed by atoms with Crippen molar-refractivity contribution >= 4 is 71.7 Å². The third-order valence-electron chi connectivity index (χ3n) is 14.0. The van der Waals surface area contributed by atoms with Crippen molar-refractivity contribution in [1.29, 1.82) is 0 Å². The van der Waals surface area contributed by atoms with Gasteiger partial charge in [-0.1, -0.05) is 155 Å². The van der Waals surface area contributed by atoms with Crippen molar-refractivity contribution in [2.24, 2.45) is 0 Å². The van der Waals surface area contributed by atoms with Crippen LogP contribution in [0.3, 0.4) is 0 Å². The first kappa shape index (κ1) is 34.5. The maximum atomic E-state index is 7.44. The van der Waals surface area contributed by atoms with Gasteiger partial charge in [0.15, 0.2) is 5.58 Å². The molecule has 3 heteroatoms. The normalized spacial score (nSPS) is 14.5. The van der Waals surface area contributed by atoms with Gasteiger partial charge in [-0.25, -0.2) is 0 Å². The molecular weight excluding hydrogens is 743 g/mol. The minimum Gasteiger partial charge on any atom is -0.456 e. The van der Waals surface area contributed by atoms with Gasteiger partial charge in [0, 0.05) is 49.3 Å². The van der Waals surface area contributed by atoms with Gasteiger partial charge in [-0.15, -0.1) is 0 Å². The van der Waals surface area contributed by atoms with Crippen LogP contribution in [-0.4, -0.2) is 0 Å². The molecule has 9 aromatic carbocycles. The Morgan fingerprint density at radius 3 is 1.79 bits per heavy atom. The van der Waals surface area contributed by atoms with Gasteiger partial charge in [-0.2, -0.15) is 0 Å². The number of hydrogen-bond donors (Lipinski definition) is 0. The zero-order valence-corrected chi connectivity index (χ0v) is 34.5. The summed E-state index contributed by atoms with van der Waals surface area (Å²) in [7, 11) is 0. The van der Waals surface area contributed by atoms with Crippen LogP contribution in [0.5, 0.6) is 0 Å². The van der Waals surface area contributed by atoms with E-state index in [9.17, 15) is 0 Å². The zero-order chi connectivity index (χ0) is 40.8. The molecule has 0 spiro atoms. The first-order valence-electron chi connectivity index (χ1n) is 21.3. The molecule has 3 nitrogen and oxygen atoms in total. The Morgan fingerprint density at radius 2 is 1.00 bits per heavy atom. The molecular formula is C58H41NO2. The highest BCUT2D eigenvalue weighted by molar-refractivity contribution is 6.24. The SMILES string of the molecule is CC1(C)c2ccccc2-c2ccc(-c3c4oc5c(N(c6ccc7c(c6)C(C)(C)c6ccccc6-7)c6ccc7ccccc7c6)cccc5c4cc4oc5ccccc5c34)cc21. The highest BCUT2D eigenvalue weighted by atomic mass is 16.3. The number of rotatable bonds is 4. The van der Waals surface area contributed by atoms with E-state index in [-0.39, 0.29) is 10.8 Å². The first-order chi connectivity index (χ1) is 29.8. The molecule has 0 radical (unpaired) electrons. The predicted molar refractivity (Wildman–Crippen MR) is 254 cm³/mol. The van der Waals surface area contributed by atoms with Crippen LogP contribution in [0.1, 0.15) is 49.9 Å². The molecule has 290 valence electrons. The Kier molecular flexibility index (Phi) is 6.85. The Morgan fingerprint density at radius 1 is 0.393 bits per heavy atom. The third kappa shape index (κ3) is 4.69. The van der Waals surface area contributed by atoms with E-state index in [4.69, 9.17) is 8.83 Å². The second-order valence-electron chi connectivity index (χ2n) is 18.1. The summed E-state index contributed by atoms with van der Waals surface area (Å²) in [6.07, 6.45) is 0. The van der Waals surface area contributed by atoms with Crippen LogP contribution in [-0.2, 0) is 10.8 Å². The van der Waals surface area contributed by atoms with Crippen LogP contribution in [0, 0.1) is 0 Å². The van der Waals surface area contributed by atoms with Gasteiger partial charge in [0.2, 0.25) is 0 Å². The van der Waals surface area contributed by atoms with Gasteiger partial charge in [-0.05, 0) is 109 Å². The largest absolute Gasteiger partial charge is 0.456 e. The van der Waals surface area contributed by atoms with Crippen LogP contribution in [0.25, 0.3) is 88.0 Å². The lowest BCUT2D eigenvalue weighted by atomic mass is 9.81. The predicted octanol–water partition coefficient (Wildman–Crippen LogP) is 16.4. The number of hydrogen-bond acceptors (Lipinski definition) is 3. The van der Waals surface area contributed by atoms with E-state index < -0.39 is 0 Å². The second-order valence-corrected chi connectivity index (χ2v) is 18.1. The zero-order valence-electron chi connectivity index (χ0n) is 34.5. The van der Waals surface area contributed by atoms with E-state index in [1.54, 1.807) is 0 Å². The molecule has 0 bridgehead atoms. The van der Waals surface area contributed by atoms with E-state index in [1.165, 1.54) is 55.3 Å². The van der Waals surface area contributed by atoms with Gasteiger partial charge in [-0.3, -0.25) is 0 Å². The highest BCUT2D eigenvalue weighted by Crippen LogP contribution is 2.54. The Bertz CT molecular complexity index is 3670. The van der Waals surface area contributed by atoms with Gasteiger partial charge in [0.1, 0.15) is 16.7 Å². The maximum absolute atomic E-state index is 7.44. The molecule has 0 atom stereocenters. The summed E-state index contributed by atoms with van der Waals surface area (Å²) >= 11 is 0. The number of fused-ring (bicyclic) bond motifs is 13. The Labute approximate surface area is 354 Å². The van der Waals surface area contributed by atoms with Crippen molar-refractivity contribution in [2.75, 3.05) is 4.90 Å². The summed E-state index contributed by atoms with van der Waals surface area (Å²) in [5.74, 6) is 0. The summed E-state index contributed by atoms with van der Waals surface area (Å²) in [4.78, 5) is 2.39. The summed E-state index contributed by atoms with van der Waals surface area (Å²) in [6, 6.07) is 64.2. The van der Waals surface area contributed by atoms with Crippen molar-refractivity contribution in [3.63, 3.8) is 0 Å². The molecule has 2 aliphatic rings. The molecule has 2 aliphatic carbocycles. The standard InChI is InChI=1S/C58H41NO2/c1-57(2)46-20-10-7-16-39(46)41-28-25-36(31-48(41)57)53-54-44-18-9-12-23-51(44)60-52(54)33-45-43-19-13-22-50(55(43)61-56(45)53)59(37-26-24-34-14-5-6-15-35(34)30-37)38-27-29-42-40-17-8-11-21-47(40)58(3,4)49(42)32-38/h5-33H,1-4H3. The van der Waals surface area contributed by atoms with Crippen LogP contribution in [0.15, 0.2) is 185 Å². The quantitative estimate of drug-likeness (QED) is 0.178. The minimum absolute atomic E-state index is 0.152. The molecule has 0 amide bonds. The second kappa shape index (κ2) is 12.1. The van der Waals surface area contributed by atoms with E-state index in [2.05, 4.69) is 202 Å². The lowest BCUT2D eigenvalue weighted by Gasteiger charge is -2.28. The topological polar surface area (TPSA) is 29.5 Å². The monoisotopic (exact) mass is 783 g/mol. The van der Waals surface area contributed by atoms with Crippen LogP contribution in [0.2, 0.25) is 0 Å². The van der Waals surface area contributed by atoms with E-state index in [0.717, 1.165) is 72.1 Å². The van der Waals surface area contributed by atoms with Crippen LogP contribution in [0.4, 0.5) is 17.1 Å². The molecule has 13 rings (SSSR count). The van der Waals surface area contributed by atoms with Gasteiger partial charge in [0.05, 0.1) is 5.69 Å². The maximum Gasteiger partial charge on any atom is 0.159 e. The molecule has 0 N–H and O–H groups in total. The molecule has 0 aliphatic heterocycles. The van der Waals surface area contributed by atoms with E-state index in [1.807, 2.05) is 6.07 Å². The molecule has 11 aromatic rings. The molecule has 0 fully saturated rings. The van der Waals surface area contributed by atoms with Gasteiger partial charge < -0.3 is 13.7 Å². The summed E-state index contributed by atoms with van der Waals surface area (Å²) in [5, 5.41) is 6.63. The minimum atomic E-state index is -0.153. The lowest BCUT2D eigenvalue weighted by Crippen LogP contribution is -2.16. The van der Waals surface area contributed by atoms with Crippen molar-refractivity contribution in [3.8, 4) is 33.4 Å². The molecule has 2 aromatic heterocycles. The highest BCUT2D eigenvalue weighted by Gasteiger charge is 2.37. The van der Waals surface area contributed by atoms with Crippen molar-refractivity contribution in [2.45, 2.75) is 38.5 Å². The molecule has 0 saturated heterocycles. The van der Waals surface area contributed by atoms with Crippen LogP contribution < -0.4 is 4.90 Å². The lowest BCUT2D eigenvalue weighted by molar-refractivity contribution is 0.659. The Balaban J connectivity index is 1.09. The summed E-state index contributed by atoms with van der Waals surface area (Å²) in [5.41, 5.74) is 19.0. The molecule has 0 unspecified atom stereocenters.